The molecule has 0 atom stereocenters. The molecule has 0 aromatic heterocycles. The van der Waals surface area contributed by atoms with E-state index in [9.17, 15) is 4.39 Å². The van der Waals surface area contributed by atoms with Crippen LogP contribution in [-0.2, 0) is 0 Å². The van der Waals surface area contributed by atoms with E-state index in [1.54, 1.807) is 24.1 Å². The molecule has 0 bridgehead atoms. The highest BCUT2D eigenvalue weighted by molar-refractivity contribution is 5.95. The van der Waals surface area contributed by atoms with Crippen molar-refractivity contribution in [3.63, 3.8) is 0 Å². The molecule has 0 aliphatic rings. The highest BCUT2D eigenvalue weighted by atomic mass is 19.1. The molecule has 0 amide bonds. The number of aliphatic imine (C=N–C) groups is 1. The Hall–Kier alpha value is -2.36. The minimum absolute atomic E-state index is 0.299. The summed E-state index contributed by atoms with van der Waals surface area (Å²) < 4.78 is 13.1. The largest absolute Gasteiger partial charge is 0.369 e. The topological polar surface area (TPSA) is 41.6 Å². The van der Waals surface area contributed by atoms with E-state index in [1.807, 2.05) is 30.3 Å². The zero-order valence-electron chi connectivity index (χ0n) is 10.0. The monoisotopic (exact) mass is 243 g/mol. The maximum atomic E-state index is 13.1. The van der Waals surface area contributed by atoms with Gasteiger partial charge in [-0.3, -0.25) is 0 Å². The highest BCUT2D eigenvalue weighted by Crippen LogP contribution is 2.15. The summed E-state index contributed by atoms with van der Waals surface area (Å²) >= 11 is 0. The van der Waals surface area contributed by atoms with Crippen LogP contribution in [0.25, 0.3) is 0 Å². The molecule has 3 nitrogen and oxygen atoms in total. The fourth-order valence-corrected chi connectivity index (χ4v) is 1.53. The third-order valence-corrected chi connectivity index (χ3v) is 2.54. The van der Waals surface area contributed by atoms with Gasteiger partial charge in [-0.05, 0) is 30.3 Å². The van der Waals surface area contributed by atoms with Crippen LogP contribution in [0, 0.1) is 5.82 Å². The lowest BCUT2D eigenvalue weighted by atomic mass is 10.3. The average Bonchev–Trinajstić information content (AvgIpc) is 2.39. The Bertz CT molecular complexity index is 552. The zero-order valence-corrected chi connectivity index (χ0v) is 10.0. The van der Waals surface area contributed by atoms with Crippen molar-refractivity contribution in [1.29, 1.82) is 0 Å². The average molecular weight is 243 g/mol. The maximum Gasteiger partial charge on any atom is 0.200 e. The van der Waals surface area contributed by atoms with Crippen LogP contribution in [0.2, 0.25) is 0 Å². The van der Waals surface area contributed by atoms with Gasteiger partial charge in [-0.25, -0.2) is 9.38 Å². The van der Waals surface area contributed by atoms with Crippen LogP contribution in [0.15, 0.2) is 59.6 Å². The number of hydrogen-bond acceptors (Lipinski definition) is 1. The Labute approximate surface area is 105 Å². The van der Waals surface area contributed by atoms with E-state index in [4.69, 9.17) is 5.73 Å². The van der Waals surface area contributed by atoms with Crippen molar-refractivity contribution in [3.05, 3.63) is 60.4 Å². The van der Waals surface area contributed by atoms with Crippen molar-refractivity contribution in [2.24, 2.45) is 10.7 Å². The van der Waals surface area contributed by atoms with Crippen molar-refractivity contribution in [2.45, 2.75) is 0 Å². The standard InChI is InChI=1S/C14H14FN3/c1-18(13-9-5-6-11(15)10-13)14(16)17-12-7-3-2-4-8-12/h2-10H,1H3,(H2,16,17). The van der Waals surface area contributed by atoms with Crippen LogP contribution in [-0.4, -0.2) is 13.0 Å². The SMILES string of the molecule is CN(C(N)=Nc1ccccc1)c1cccc(F)c1. The Balaban J connectivity index is 2.24. The van der Waals surface area contributed by atoms with Gasteiger partial charge >= 0.3 is 0 Å². The lowest BCUT2D eigenvalue weighted by Gasteiger charge is -2.18. The summed E-state index contributed by atoms with van der Waals surface area (Å²) in [5, 5.41) is 0. The number of para-hydroxylation sites is 1. The molecule has 0 fully saturated rings. The summed E-state index contributed by atoms with van der Waals surface area (Å²) in [4.78, 5) is 5.90. The van der Waals surface area contributed by atoms with Gasteiger partial charge in [0.2, 0.25) is 5.96 Å². The van der Waals surface area contributed by atoms with Gasteiger partial charge in [0.25, 0.3) is 0 Å². The summed E-state index contributed by atoms with van der Waals surface area (Å²) in [7, 11) is 1.75. The van der Waals surface area contributed by atoms with Gasteiger partial charge in [0.15, 0.2) is 0 Å². The Morgan fingerprint density at radius 2 is 1.83 bits per heavy atom. The summed E-state index contributed by atoms with van der Waals surface area (Å²) in [6.07, 6.45) is 0. The minimum atomic E-state index is -0.299. The minimum Gasteiger partial charge on any atom is -0.369 e. The number of nitrogens with two attached hydrogens (primary N) is 1. The molecule has 92 valence electrons. The van der Waals surface area contributed by atoms with E-state index in [0.717, 1.165) is 5.69 Å². The summed E-state index contributed by atoms with van der Waals surface area (Å²) in [5.41, 5.74) is 7.31. The maximum absolute atomic E-state index is 13.1. The number of rotatable bonds is 2. The molecule has 0 spiro atoms. The second-order valence-corrected chi connectivity index (χ2v) is 3.84. The summed E-state index contributed by atoms with van der Waals surface area (Å²) in [6, 6.07) is 15.6. The van der Waals surface area contributed by atoms with Crippen molar-refractivity contribution >= 4 is 17.3 Å². The van der Waals surface area contributed by atoms with Crippen molar-refractivity contribution in [3.8, 4) is 0 Å². The lowest BCUT2D eigenvalue weighted by Crippen LogP contribution is -2.33. The van der Waals surface area contributed by atoms with E-state index in [-0.39, 0.29) is 5.82 Å². The van der Waals surface area contributed by atoms with E-state index in [1.165, 1.54) is 12.1 Å². The van der Waals surface area contributed by atoms with Crippen molar-refractivity contribution in [2.75, 3.05) is 11.9 Å². The number of benzene rings is 2. The number of nitrogens with zero attached hydrogens (tertiary/aromatic N) is 2. The van der Waals surface area contributed by atoms with Gasteiger partial charge in [-0.15, -0.1) is 0 Å². The van der Waals surface area contributed by atoms with Gasteiger partial charge in [-0.2, -0.15) is 0 Å². The smallest absolute Gasteiger partial charge is 0.200 e. The molecule has 0 unspecified atom stereocenters. The molecule has 2 aromatic carbocycles. The molecule has 18 heavy (non-hydrogen) atoms. The third-order valence-electron chi connectivity index (χ3n) is 2.54. The lowest BCUT2D eigenvalue weighted by molar-refractivity contribution is 0.628. The first kappa shape index (κ1) is 12.1. The van der Waals surface area contributed by atoms with Crippen LogP contribution in [0.4, 0.5) is 15.8 Å². The summed E-state index contributed by atoms with van der Waals surface area (Å²) in [5.74, 6) is 0.0126. The molecule has 0 aliphatic heterocycles. The number of halogens is 1. The molecule has 0 radical (unpaired) electrons. The van der Waals surface area contributed by atoms with Crippen molar-refractivity contribution < 1.29 is 4.39 Å². The number of anilines is 1. The molecular weight excluding hydrogens is 229 g/mol. The van der Waals surface area contributed by atoms with Crippen molar-refractivity contribution in [1.82, 2.24) is 0 Å². The predicted octanol–water partition coefficient (Wildman–Crippen LogP) is 2.91. The zero-order chi connectivity index (χ0) is 13.0. The first-order valence-electron chi connectivity index (χ1n) is 5.55. The van der Waals surface area contributed by atoms with Gasteiger partial charge in [-0.1, -0.05) is 24.3 Å². The van der Waals surface area contributed by atoms with E-state index in [2.05, 4.69) is 4.99 Å². The van der Waals surface area contributed by atoms with Gasteiger partial charge in [0, 0.05) is 12.7 Å². The van der Waals surface area contributed by atoms with E-state index < -0.39 is 0 Å². The van der Waals surface area contributed by atoms with Gasteiger partial charge < -0.3 is 10.6 Å². The molecule has 2 N–H and O–H groups in total. The second kappa shape index (κ2) is 5.31. The van der Waals surface area contributed by atoms with Crippen LogP contribution in [0.3, 0.4) is 0 Å². The van der Waals surface area contributed by atoms with Gasteiger partial charge in [0.1, 0.15) is 5.82 Å². The molecule has 0 aliphatic carbocycles. The summed E-state index contributed by atoms with van der Waals surface area (Å²) in [6.45, 7) is 0. The molecule has 0 heterocycles. The fourth-order valence-electron chi connectivity index (χ4n) is 1.53. The second-order valence-electron chi connectivity index (χ2n) is 3.84. The quantitative estimate of drug-likeness (QED) is 0.651. The highest BCUT2D eigenvalue weighted by Gasteiger charge is 2.05. The van der Waals surface area contributed by atoms with Gasteiger partial charge in [0.05, 0.1) is 5.69 Å². The normalized spacial score (nSPS) is 11.3. The Morgan fingerprint density at radius 3 is 2.50 bits per heavy atom. The first-order chi connectivity index (χ1) is 8.66. The first-order valence-corrected chi connectivity index (χ1v) is 5.55. The Kier molecular flexibility index (Phi) is 3.57. The molecular formula is C14H14FN3. The van der Waals surface area contributed by atoms with E-state index >= 15 is 0 Å². The Morgan fingerprint density at radius 1 is 1.11 bits per heavy atom. The number of guanidine groups is 1. The van der Waals surface area contributed by atoms with Crippen LogP contribution < -0.4 is 10.6 Å². The van der Waals surface area contributed by atoms with E-state index in [0.29, 0.717) is 11.6 Å². The predicted molar refractivity (Wildman–Crippen MR) is 72.5 cm³/mol. The molecule has 4 heteroatoms. The third kappa shape index (κ3) is 2.85. The van der Waals surface area contributed by atoms with Crippen LogP contribution in [0.5, 0.6) is 0 Å². The molecule has 0 saturated heterocycles. The van der Waals surface area contributed by atoms with Crippen LogP contribution >= 0.6 is 0 Å². The molecule has 2 rings (SSSR count). The van der Waals surface area contributed by atoms with Crippen LogP contribution in [0.1, 0.15) is 0 Å². The molecule has 0 saturated carbocycles. The fraction of sp³-hybridized carbons (Fsp3) is 0.0714. The number of hydrogen-bond donors (Lipinski definition) is 1. The molecule has 2 aromatic rings.